The number of aromatic amines is 2. The molecule has 4 rings (SSSR count). The summed E-state index contributed by atoms with van der Waals surface area (Å²) in [6, 6.07) is 8.66. The molecule has 0 saturated heterocycles. The molecule has 0 spiro atoms. The van der Waals surface area contributed by atoms with Crippen molar-refractivity contribution in [3.05, 3.63) is 42.5 Å². The zero-order chi connectivity index (χ0) is 12.8. The molecule has 0 aliphatic heterocycles. The molecule has 4 nitrogen and oxygen atoms in total. The highest BCUT2D eigenvalue weighted by atomic mass is 14.9. The van der Waals surface area contributed by atoms with Gasteiger partial charge in [-0.3, -0.25) is 0 Å². The highest BCUT2D eigenvalue weighted by molar-refractivity contribution is 5.94. The summed E-state index contributed by atoms with van der Waals surface area (Å²) in [5.41, 5.74) is 9.24. The van der Waals surface area contributed by atoms with E-state index in [1.807, 2.05) is 18.5 Å². The van der Waals surface area contributed by atoms with Crippen LogP contribution in [0.4, 0.5) is 0 Å². The summed E-state index contributed by atoms with van der Waals surface area (Å²) in [5, 5.41) is 1.23. The lowest BCUT2D eigenvalue weighted by Gasteiger charge is -2.30. The van der Waals surface area contributed by atoms with Crippen LogP contribution in [0.2, 0.25) is 0 Å². The van der Waals surface area contributed by atoms with Crippen molar-refractivity contribution in [2.24, 2.45) is 5.73 Å². The number of nitrogens with two attached hydrogens (primary N) is 1. The Kier molecular flexibility index (Phi) is 2.26. The third-order valence-corrected chi connectivity index (χ3v) is 4.04. The van der Waals surface area contributed by atoms with Gasteiger partial charge in [0.15, 0.2) is 0 Å². The normalized spacial score (nSPS) is 22.6. The quantitative estimate of drug-likeness (QED) is 0.656. The molecule has 0 unspecified atom stereocenters. The van der Waals surface area contributed by atoms with E-state index in [0.29, 0.717) is 12.0 Å². The summed E-state index contributed by atoms with van der Waals surface area (Å²) in [5.74, 6) is 1.58. The predicted molar refractivity (Wildman–Crippen MR) is 75.8 cm³/mol. The standard InChI is InChI=1S/C15H16N4/c16-10-5-9(6-10)15-18-8-14(19-15)12-7-17-13-4-2-1-3-11(12)13/h1-4,7-10,17H,5-6,16H2,(H,18,19). The monoisotopic (exact) mass is 252 g/mol. The lowest BCUT2D eigenvalue weighted by molar-refractivity contribution is 0.340. The Hall–Kier alpha value is -2.07. The maximum Gasteiger partial charge on any atom is 0.109 e. The fourth-order valence-electron chi connectivity index (χ4n) is 2.86. The average Bonchev–Trinajstić information content (AvgIpc) is 3.01. The van der Waals surface area contributed by atoms with Gasteiger partial charge in [-0.1, -0.05) is 18.2 Å². The first-order valence-electron chi connectivity index (χ1n) is 6.68. The van der Waals surface area contributed by atoms with E-state index in [1.165, 1.54) is 10.9 Å². The van der Waals surface area contributed by atoms with E-state index in [0.717, 1.165) is 29.9 Å². The van der Waals surface area contributed by atoms with Gasteiger partial charge in [-0.25, -0.2) is 4.98 Å². The van der Waals surface area contributed by atoms with Crippen LogP contribution >= 0.6 is 0 Å². The Labute approximate surface area is 111 Å². The zero-order valence-corrected chi connectivity index (χ0v) is 10.6. The minimum Gasteiger partial charge on any atom is -0.360 e. The molecule has 4 N–H and O–H groups in total. The Morgan fingerprint density at radius 3 is 2.89 bits per heavy atom. The van der Waals surface area contributed by atoms with E-state index in [1.54, 1.807) is 0 Å². The lowest BCUT2D eigenvalue weighted by atomic mass is 9.80. The molecule has 1 aliphatic carbocycles. The van der Waals surface area contributed by atoms with Crippen molar-refractivity contribution in [1.82, 2.24) is 15.0 Å². The van der Waals surface area contributed by atoms with Crippen LogP contribution in [0, 0.1) is 0 Å². The van der Waals surface area contributed by atoms with Crippen molar-refractivity contribution in [3.63, 3.8) is 0 Å². The molecule has 1 aromatic carbocycles. The number of imidazole rings is 1. The number of H-pyrrole nitrogens is 2. The van der Waals surface area contributed by atoms with E-state index in [2.05, 4.69) is 33.2 Å². The van der Waals surface area contributed by atoms with Crippen LogP contribution in [0.3, 0.4) is 0 Å². The fourth-order valence-corrected chi connectivity index (χ4v) is 2.86. The van der Waals surface area contributed by atoms with Crippen LogP contribution in [0.25, 0.3) is 22.2 Å². The number of benzene rings is 1. The summed E-state index contributed by atoms with van der Waals surface area (Å²) >= 11 is 0. The minimum absolute atomic E-state index is 0.353. The third-order valence-electron chi connectivity index (χ3n) is 4.04. The van der Waals surface area contributed by atoms with Crippen LogP contribution < -0.4 is 5.73 Å². The molecule has 96 valence electrons. The SMILES string of the molecule is NC1CC(c2ncc(-c3c[nH]c4ccccc34)[nH]2)C1. The Bertz CT molecular complexity index is 718. The number of hydrogen-bond acceptors (Lipinski definition) is 2. The summed E-state index contributed by atoms with van der Waals surface area (Å²) < 4.78 is 0. The van der Waals surface area contributed by atoms with Crippen molar-refractivity contribution in [1.29, 1.82) is 0 Å². The summed E-state index contributed by atoms with van der Waals surface area (Å²) in [7, 11) is 0. The average molecular weight is 252 g/mol. The molecule has 2 heterocycles. The Balaban J connectivity index is 1.72. The second kappa shape index (κ2) is 3.96. The molecule has 0 radical (unpaired) electrons. The zero-order valence-electron chi connectivity index (χ0n) is 10.6. The van der Waals surface area contributed by atoms with Gasteiger partial charge in [0.2, 0.25) is 0 Å². The van der Waals surface area contributed by atoms with Crippen molar-refractivity contribution in [3.8, 4) is 11.3 Å². The molecule has 19 heavy (non-hydrogen) atoms. The van der Waals surface area contributed by atoms with Crippen LogP contribution in [0.1, 0.15) is 24.6 Å². The van der Waals surface area contributed by atoms with Gasteiger partial charge in [0, 0.05) is 34.6 Å². The molecule has 1 saturated carbocycles. The molecule has 1 aliphatic rings. The van der Waals surface area contributed by atoms with Gasteiger partial charge >= 0.3 is 0 Å². The molecule has 0 atom stereocenters. The Morgan fingerprint density at radius 2 is 2.05 bits per heavy atom. The first-order valence-corrected chi connectivity index (χ1v) is 6.68. The van der Waals surface area contributed by atoms with Gasteiger partial charge in [-0.05, 0) is 18.9 Å². The maximum atomic E-state index is 5.84. The van der Waals surface area contributed by atoms with Gasteiger partial charge in [-0.15, -0.1) is 0 Å². The molecule has 0 bridgehead atoms. The van der Waals surface area contributed by atoms with Crippen molar-refractivity contribution in [2.45, 2.75) is 24.8 Å². The lowest BCUT2D eigenvalue weighted by Crippen LogP contribution is -2.35. The first kappa shape index (κ1) is 10.8. The number of rotatable bonds is 2. The molecular weight excluding hydrogens is 236 g/mol. The predicted octanol–water partition coefficient (Wildman–Crippen LogP) is 2.76. The highest BCUT2D eigenvalue weighted by Crippen LogP contribution is 2.35. The fraction of sp³-hybridized carbons (Fsp3) is 0.267. The van der Waals surface area contributed by atoms with E-state index in [4.69, 9.17) is 5.73 Å². The largest absolute Gasteiger partial charge is 0.360 e. The van der Waals surface area contributed by atoms with Crippen molar-refractivity contribution >= 4 is 10.9 Å². The maximum absolute atomic E-state index is 5.84. The number of nitrogens with one attached hydrogen (secondary N) is 2. The van der Waals surface area contributed by atoms with E-state index < -0.39 is 0 Å². The molecule has 3 aromatic rings. The summed E-state index contributed by atoms with van der Waals surface area (Å²) in [6.45, 7) is 0. The van der Waals surface area contributed by atoms with Gasteiger partial charge in [0.1, 0.15) is 5.82 Å². The van der Waals surface area contributed by atoms with Crippen molar-refractivity contribution in [2.75, 3.05) is 0 Å². The van der Waals surface area contributed by atoms with Crippen LogP contribution in [-0.2, 0) is 0 Å². The number of para-hydroxylation sites is 1. The molecule has 1 fully saturated rings. The molecule has 0 amide bonds. The second-order valence-corrected chi connectivity index (χ2v) is 5.36. The summed E-state index contributed by atoms with van der Waals surface area (Å²) in [6.07, 6.45) is 6.05. The number of aromatic nitrogens is 3. The minimum atomic E-state index is 0.353. The van der Waals surface area contributed by atoms with E-state index in [9.17, 15) is 0 Å². The second-order valence-electron chi connectivity index (χ2n) is 5.36. The van der Waals surface area contributed by atoms with Gasteiger partial charge in [-0.2, -0.15) is 0 Å². The topological polar surface area (TPSA) is 70.5 Å². The van der Waals surface area contributed by atoms with Gasteiger partial charge in [0.05, 0.1) is 11.9 Å². The van der Waals surface area contributed by atoms with Crippen LogP contribution in [-0.4, -0.2) is 21.0 Å². The number of hydrogen-bond donors (Lipinski definition) is 3. The van der Waals surface area contributed by atoms with E-state index >= 15 is 0 Å². The van der Waals surface area contributed by atoms with Gasteiger partial charge in [0.25, 0.3) is 0 Å². The van der Waals surface area contributed by atoms with Crippen LogP contribution in [0.5, 0.6) is 0 Å². The number of fused-ring (bicyclic) bond motifs is 1. The smallest absolute Gasteiger partial charge is 0.109 e. The van der Waals surface area contributed by atoms with Crippen LogP contribution in [0.15, 0.2) is 36.7 Å². The summed E-state index contributed by atoms with van der Waals surface area (Å²) in [4.78, 5) is 11.2. The van der Waals surface area contributed by atoms with Crippen molar-refractivity contribution < 1.29 is 0 Å². The third kappa shape index (κ3) is 1.68. The number of nitrogens with zero attached hydrogens (tertiary/aromatic N) is 1. The Morgan fingerprint density at radius 1 is 1.21 bits per heavy atom. The van der Waals surface area contributed by atoms with Gasteiger partial charge < -0.3 is 15.7 Å². The molecule has 2 aromatic heterocycles. The van der Waals surface area contributed by atoms with E-state index in [-0.39, 0.29) is 0 Å². The molecule has 4 heteroatoms. The first-order chi connectivity index (χ1) is 9.31. The highest BCUT2D eigenvalue weighted by Gasteiger charge is 2.29. The molecular formula is C15H16N4.